The Morgan fingerprint density at radius 2 is 1.61 bits per heavy atom. The fourth-order valence-corrected chi connectivity index (χ4v) is 8.45. The first-order valence-electron chi connectivity index (χ1n) is 21.6. The molecule has 0 radical (unpaired) electrons. The second kappa shape index (κ2) is 20.9. The van der Waals surface area contributed by atoms with Crippen LogP contribution in [-0.2, 0) is 23.9 Å². The molecule has 7 rings (SSSR count). The fraction of sp³-hybridized carbons (Fsp3) is 0.435. The van der Waals surface area contributed by atoms with Crippen LogP contribution in [-0.4, -0.2) is 133 Å². The molecule has 1 aromatic heterocycles. The molecule has 1 atom stereocenters. The first-order valence-corrected chi connectivity index (χ1v) is 21.6. The van der Waals surface area contributed by atoms with Crippen LogP contribution >= 0.6 is 0 Å². The Kier molecular flexibility index (Phi) is 14.7. The molecule has 3 N–H and O–H groups in total. The van der Waals surface area contributed by atoms with Gasteiger partial charge in [0.15, 0.2) is 0 Å². The van der Waals surface area contributed by atoms with Gasteiger partial charge in [0.2, 0.25) is 23.6 Å². The zero-order chi connectivity index (χ0) is 43.4. The molecule has 0 saturated carbocycles. The summed E-state index contributed by atoms with van der Waals surface area (Å²) < 4.78 is 5.73. The molecule has 0 bridgehead atoms. The van der Waals surface area contributed by atoms with Crippen LogP contribution in [0.1, 0.15) is 88.0 Å². The minimum Gasteiger partial charge on any atom is -0.382 e. The summed E-state index contributed by atoms with van der Waals surface area (Å²) in [4.78, 5) is 99.7. The van der Waals surface area contributed by atoms with Crippen LogP contribution in [0.25, 0.3) is 6.08 Å². The summed E-state index contributed by atoms with van der Waals surface area (Å²) >= 11 is 0. The maximum atomic E-state index is 13.3. The number of rotatable bonds is 17. The summed E-state index contributed by atoms with van der Waals surface area (Å²) in [7, 11) is 0. The lowest BCUT2D eigenvalue weighted by atomic mass is 9.91. The SMILES string of the molecule is O=C(/C=C/c1cccnc1)NCCCCC1CCN(C(=O)c2ccc(N3CCN(C(=O)CCOCCNc4cccc5c4C(=O)N(C4CCC(=O)NC4=O)C5=O)CC3)cc2)CC1. The molecule has 0 aliphatic carbocycles. The van der Waals surface area contributed by atoms with Crippen LogP contribution in [0.4, 0.5) is 11.4 Å². The number of anilines is 2. The minimum absolute atomic E-state index is 0.00966. The van der Waals surface area contributed by atoms with Crippen LogP contribution in [0.5, 0.6) is 0 Å². The molecule has 3 fully saturated rings. The van der Waals surface area contributed by atoms with Crippen molar-refractivity contribution in [3.8, 4) is 0 Å². The summed E-state index contributed by atoms with van der Waals surface area (Å²) in [5, 5.41) is 8.29. The topological polar surface area (TPSA) is 191 Å². The number of nitrogens with zero attached hydrogens (tertiary/aromatic N) is 5. The number of hydrogen-bond acceptors (Lipinski definition) is 11. The van der Waals surface area contributed by atoms with Gasteiger partial charge in [-0.25, -0.2) is 0 Å². The fourth-order valence-electron chi connectivity index (χ4n) is 8.45. The number of aromatic nitrogens is 1. The Balaban J connectivity index is 0.747. The van der Waals surface area contributed by atoms with Crippen molar-refractivity contribution >= 4 is 58.8 Å². The van der Waals surface area contributed by atoms with E-state index in [1.54, 1.807) is 36.7 Å². The number of piperidine rings is 2. The number of likely N-dealkylation sites (tertiary alicyclic amines) is 1. The van der Waals surface area contributed by atoms with Gasteiger partial charge in [0.05, 0.1) is 30.8 Å². The molecule has 4 aliphatic heterocycles. The molecule has 16 heteroatoms. The highest BCUT2D eigenvalue weighted by Crippen LogP contribution is 2.32. The number of amides is 7. The molecule has 7 amide bonds. The van der Waals surface area contributed by atoms with Crippen molar-refractivity contribution in [3.05, 3.63) is 95.3 Å². The Morgan fingerprint density at radius 3 is 2.35 bits per heavy atom. The summed E-state index contributed by atoms with van der Waals surface area (Å²) in [5.74, 6) is -1.70. The van der Waals surface area contributed by atoms with E-state index in [-0.39, 0.29) is 61.3 Å². The number of hydrogen-bond donors (Lipinski definition) is 3. The van der Waals surface area contributed by atoms with Crippen molar-refractivity contribution < 1.29 is 38.3 Å². The van der Waals surface area contributed by atoms with Crippen molar-refractivity contribution in [2.45, 2.75) is 57.4 Å². The predicted octanol–water partition coefficient (Wildman–Crippen LogP) is 3.50. The van der Waals surface area contributed by atoms with E-state index >= 15 is 0 Å². The monoisotopic (exact) mass is 846 g/mol. The van der Waals surface area contributed by atoms with Crippen molar-refractivity contribution in [1.82, 2.24) is 30.3 Å². The van der Waals surface area contributed by atoms with E-state index in [1.807, 2.05) is 46.2 Å². The number of fused-ring (bicyclic) bond motifs is 1. The molecular weight excluding hydrogens is 793 g/mol. The van der Waals surface area contributed by atoms with Crippen molar-refractivity contribution in [2.24, 2.45) is 5.92 Å². The summed E-state index contributed by atoms with van der Waals surface area (Å²) in [6.45, 7) is 5.46. The van der Waals surface area contributed by atoms with Crippen molar-refractivity contribution in [2.75, 3.05) is 75.8 Å². The molecular formula is C46H54N8O8. The second-order valence-corrected chi connectivity index (χ2v) is 16.0. The molecule has 0 spiro atoms. The zero-order valence-corrected chi connectivity index (χ0v) is 34.9. The van der Waals surface area contributed by atoms with Crippen LogP contribution in [0.2, 0.25) is 0 Å². The van der Waals surface area contributed by atoms with Crippen molar-refractivity contribution in [1.29, 1.82) is 0 Å². The number of unbranched alkanes of at least 4 members (excludes halogenated alkanes) is 1. The Morgan fingerprint density at radius 1 is 0.823 bits per heavy atom. The molecule has 16 nitrogen and oxygen atoms in total. The number of nitrogens with one attached hydrogen (secondary N) is 3. The van der Waals surface area contributed by atoms with Crippen LogP contribution < -0.4 is 20.9 Å². The van der Waals surface area contributed by atoms with E-state index in [0.29, 0.717) is 56.4 Å². The summed E-state index contributed by atoms with van der Waals surface area (Å²) in [5.41, 5.74) is 3.41. The predicted molar refractivity (Wildman–Crippen MR) is 231 cm³/mol. The Bertz CT molecular complexity index is 2150. The lowest BCUT2D eigenvalue weighted by molar-refractivity contribution is -0.136. The number of carbonyl (C=O) groups is 7. The average molecular weight is 847 g/mol. The standard InChI is InChI=1S/C46H54N8O8/c55-39(15-9-33-6-4-20-47-31-33)49-21-2-1-5-32-17-23-53(24-18-32)44(59)34-10-12-35(13-11-34)51-25-27-52(28-26-51)41(57)19-29-62-30-22-48-37-8-3-7-36-42(37)46(61)54(45(36)60)38-14-16-40(56)50-43(38)58/h3-4,6-13,15,20,31-32,38,48H,1-2,5,14,16-19,21-30H2,(H,49,55)(H,50,56,58)/b15-9+. The molecule has 326 valence electrons. The zero-order valence-electron chi connectivity index (χ0n) is 34.9. The number of piperazine rings is 1. The first-order chi connectivity index (χ1) is 30.2. The van der Waals surface area contributed by atoms with Gasteiger partial charge < -0.3 is 30.1 Å². The van der Waals surface area contributed by atoms with Gasteiger partial charge in [-0.3, -0.25) is 48.8 Å². The molecule has 3 saturated heterocycles. The highest BCUT2D eigenvalue weighted by Gasteiger charge is 2.45. The van der Waals surface area contributed by atoms with Crippen LogP contribution in [0.3, 0.4) is 0 Å². The van der Waals surface area contributed by atoms with E-state index in [0.717, 1.165) is 61.3 Å². The van der Waals surface area contributed by atoms with Crippen LogP contribution in [0.15, 0.2) is 73.1 Å². The molecule has 4 aliphatic rings. The van der Waals surface area contributed by atoms with Gasteiger partial charge in [-0.2, -0.15) is 0 Å². The van der Waals surface area contributed by atoms with Gasteiger partial charge in [-0.05, 0) is 85.7 Å². The quantitative estimate of drug-likeness (QED) is 0.102. The van der Waals surface area contributed by atoms with Gasteiger partial charge in [0.1, 0.15) is 6.04 Å². The second-order valence-electron chi connectivity index (χ2n) is 16.0. The number of imide groups is 2. The van der Waals surface area contributed by atoms with Gasteiger partial charge in [-0.1, -0.05) is 25.0 Å². The summed E-state index contributed by atoms with van der Waals surface area (Å²) in [6.07, 6.45) is 12.1. The number of pyridine rings is 1. The maximum Gasteiger partial charge on any atom is 0.264 e. The van der Waals surface area contributed by atoms with E-state index < -0.39 is 29.7 Å². The van der Waals surface area contributed by atoms with E-state index in [9.17, 15) is 33.6 Å². The third-order valence-electron chi connectivity index (χ3n) is 12.0. The normalized spacial score (nSPS) is 18.3. The average Bonchev–Trinajstić information content (AvgIpc) is 3.55. The maximum absolute atomic E-state index is 13.3. The third-order valence-corrected chi connectivity index (χ3v) is 12.0. The largest absolute Gasteiger partial charge is 0.382 e. The van der Waals surface area contributed by atoms with Gasteiger partial charge in [-0.15, -0.1) is 0 Å². The van der Waals surface area contributed by atoms with Crippen molar-refractivity contribution in [3.63, 3.8) is 0 Å². The van der Waals surface area contributed by atoms with Gasteiger partial charge in [0.25, 0.3) is 17.7 Å². The smallest absolute Gasteiger partial charge is 0.264 e. The summed E-state index contributed by atoms with van der Waals surface area (Å²) in [6, 6.07) is 15.3. The molecule has 2 aromatic carbocycles. The minimum atomic E-state index is -1.04. The number of ether oxygens (including phenoxy) is 1. The Hall–Kier alpha value is -6.42. The lowest BCUT2D eigenvalue weighted by Crippen LogP contribution is -2.54. The molecule has 1 unspecified atom stereocenters. The van der Waals surface area contributed by atoms with E-state index in [1.165, 1.54) is 6.08 Å². The lowest BCUT2D eigenvalue weighted by Gasteiger charge is -2.36. The molecule has 62 heavy (non-hydrogen) atoms. The van der Waals surface area contributed by atoms with Crippen LogP contribution in [0, 0.1) is 5.92 Å². The highest BCUT2D eigenvalue weighted by molar-refractivity contribution is 6.25. The number of carbonyl (C=O) groups excluding carboxylic acids is 7. The third kappa shape index (κ3) is 10.9. The Labute approximate surface area is 361 Å². The first kappa shape index (κ1) is 43.7. The number of benzene rings is 2. The van der Waals surface area contributed by atoms with Gasteiger partial charge in [0, 0.05) is 94.2 Å². The van der Waals surface area contributed by atoms with E-state index in [2.05, 4.69) is 25.8 Å². The molecule has 3 aromatic rings. The molecule has 5 heterocycles. The van der Waals surface area contributed by atoms with E-state index in [4.69, 9.17) is 4.74 Å². The van der Waals surface area contributed by atoms with Gasteiger partial charge >= 0.3 is 0 Å². The highest BCUT2D eigenvalue weighted by atomic mass is 16.5.